The Morgan fingerprint density at radius 3 is 3.17 bits per heavy atom. The number of nitrogens with one attached hydrogen (secondary N) is 1. The van der Waals surface area contributed by atoms with Gasteiger partial charge in [-0.2, -0.15) is 0 Å². The second kappa shape index (κ2) is 6.17. The molecule has 0 radical (unpaired) electrons. The van der Waals surface area contributed by atoms with Crippen LogP contribution in [0.25, 0.3) is 0 Å². The van der Waals surface area contributed by atoms with E-state index in [1.54, 1.807) is 11.3 Å². The maximum atomic E-state index is 5.19. The topological polar surface area (TPSA) is 21.3 Å². The van der Waals surface area contributed by atoms with Crippen LogP contribution < -0.4 is 5.32 Å². The summed E-state index contributed by atoms with van der Waals surface area (Å²) in [5.41, 5.74) is 0. The van der Waals surface area contributed by atoms with Crippen LogP contribution in [-0.4, -0.2) is 19.8 Å². The quantitative estimate of drug-likeness (QED) is 0.683. The van der Waals surface area contributed by atoms with Gasteiger partial charge in [0.1, 0.15) is 0 Å². The Bertz CT molecular complexity index is 186. The largest absolute Gasteiger partial charge is 0.380 e. The van der Waals surface area contributed by atoms with Gasteiger partial charge in [-0.3, -0.25) is 0 Å². The summed E-state index contributed by atoms with van der Waals surface area (Å²) in [6.45, 7) is 5.53. The lowest BCUT2D eigenvalue weighted by molar-refractivity contribution is 0.149. The molecule has 68 valence electrons. The van der Waals surface area contributed by atoms with E-state index in [1.165, 1.54) is 4.88 Å². The summed E-state index contributed by atoms with van der Waals surface area (Å²) in [5.74, 6) is 0. The second-order valence-electron chi connectivity index (χ2n) is 2.45. The van der Waals surface area contributed by atoms with Crippen LogP contribution in [0.15, 0.2) is 17.5 Å². The molecule has 1 aromatic heterocycles. The Hall–Kier alpha value is -0.380. The van der Waals surface area contributed by atoms with E-state index in [0.717, 1.165) is 26.3 Å². The van der Waals surface area contributed by atoms with Gasteiger partial charge < -0.3 is 10.1 Å². The van der Waals surface area contributed by atoms with Crippen molar-refractivity contribution in [3.63, 3.8) is 0 Å². The molecule has 0 aliphatic rings. The molecule has 2 nitrogen and oxygen atoms in total. The fourth-order valence-electron chi connectivity index (χ4n) is 0.913. The molecule has 3 heteroatoms. The van der Waals surface area contributed by atoms with Crippen LogP contribution >= 0.6 is 11.3 Å². The zero-order valence-corrected chi connectivity index (χ0v) is 8.19. The summed E-state index contributed by atoms with van der Waals surface area (Å²) >= 11 is 1.78. The predicted octanol–water partition coefficient (Wildman–Crippen LogP) is 1.87. The molecular weight excluding hydrogens is 170 g/mol. The molecule has 0 spiro atoms. The van der Waals surface area contributed by atoms with E-state index in [-0.39, 0.29) is 0 Å². The van der Waals surface area contributed by atoms with E-state index in [0.29, 0.717) is 0 Å². The third-order valence-corrected chi connectivity index (χ3v) is 2.38. The normalized spacial score (nSPS) is 10.4. The molecule has 12 heavy (non-hydrogen) atoms. The van der Waals surface area contributed by atoms with Crippen LogP contribution in [0.3, 0.4) is 0 Å². The van der Waals surface area contributed by atoms with Gasteiger partial charge >= 0.3 is 0 Å². The molecular formula is C9H15NOS. The molecule has 1 rings (SSSR count). The first-order valence-electron chi connectivity index (χ1n) is 4.24. The van der Waals surface area contributed by atoms with Crippen LogP contribution in [0.5, 0.6) is 0 Å². The Labute approximate surface area is 77.6 Å². The smallest absolute Gasteiger partial charge is 0.0590 e. The molecule has 1 aromatic rings. The molecule has 0 unspecified atom stereocenters. The number of thiophene rings is 1. The molecule has 0 saturated heterocycles. The molecule has 0 aliphatic carbocycles. The van der Waals surface area contributed by atoms with E-state index in [9.17, 15) is 0 Å². The first kappa shape index (κ1) is 9.71. The highest BCUT2D eigenvalue weighted by Crippen LogP contribution is 2.06. The van der Waals surface area contributed by atoms with Crippen molar-refractivity contribution in [3.05, 3.63) is 22.4 Å². The molecule has 0 fully saturated rings. The highest BCUT2D eigenvalue weighted by Gasteiger charge is 1.91. The second-order valence-corrected chi connectivity index (χ2v) is 3.49. The molecule has 0 aromatic carbocycles. The molecule has 1 heterocycles. The van der Waals surface area contributed by atoms with Crippen molar-refractivity contribution >= 4 is 11.3 Å². The van der Waals surface area contributed by atoms with Crippen LogP contribution in [-0.2, 0) is 11.3 Å². The molecule has 0 bridgehead atoms. The van der Waals surface area contributed by atoms with Crippen molar-refractivity contribution in [2.45, 2.75) is 13.5 Å². The highest BCUT2D eigenvalue weighted by molar-refractivity contribution is 7.09. The Balaban J connectivity index is 1.96. The van der Waals surface area contributed by atoms with Crippen molar-refractivity contribution in [2.75, 3.05) is 19.8 Å². The molecule has 0 saturated carbocycles. The Kier molecular flexibility index (Phi) is 4.99. The Morgan fingerprint density at radius 1 is 1.58 bits per heavy atom. The van der Waals surface area contributed by atoms with Gasteiger partial charge in [-0.25, -0.2) is 0 Å². The molecule has 0 amide bonds. The average molecular weight is 185 g/mol. The van der Waals surface area contributed by atoms with Gasteiger partial charge in [0.2, 0.25) is 0 Å². The zero-order valence-electron chi connectivity index (χ0n) is 7.38. The monoisotopic (exact) mass is 185 g/mol. The standard InChI is InChI=1S/C9H15NOS/c1-2-11-6-5-10-8-9-4-3-7-12-9/h3-4,7,10H,2,5-6,8H2,1H3. The van der Waals surface area contributed by atoms with Crippen molar-refractivity contribution in [3.8, 4) is 0 Å². The van der Waals surface area contributed by atoms with Crippen molar-refractivity contribution in [1.82, 2.24) is 5.32 Å². The average Bonchev–Trinajstić information content (AvgIpc) is 2.57. The van der Waals surface area contributed by atoms with Gasteiger partial charge in [0.15, 0.2) is 0 Å². The fourth-order valence-corrected chi connectivity index (χ4v) is 1.59. The minimum atomic E-state index is 0.806. The van der Waals surface area contributed by atoms with Crippen LogP contribution in [0.2, 0.25) is 0 Å². The third-order valence-electron chi connectivity index (χ3n) is 1.51. The molecule has 0 aliphatic heterocycles. The highest BCUT2D eigenvalue weighted by atomic mass is 32.1. The number of rotatable bonds is 6. The first-order valence-corrected chi connectivity index (χ1v) is 5.12. The SMILES string of the molecule is CCOCCNCc1cccs1. The lowest BCUT2D eigenvalue weighted by atomic mass is 10.4. The van der Waals surface area contributed by atoms with Gasteiger partial charge in [0.05, 0.1) is 6.61 Å². The summed E-state index contributed by atoms with van der Waals surface area (Å²) in [6.07, 6.45) is 0. The van der Waals surface area contributed by atoms with E-state index in [1.807, 2.05) is 6.92 Å². The molecule has 0 atom stereocenters. The zero-order chi connectivity index (χ0) is 8.65. The van der Waals surface area contributed by atoms with Gasteiger partial charge in [-0.15, -0.1) is 11.3 Å². The first-order chi connectivity index (χ1) is 5.93. The Morgan fingerprint density at radius 2 is 2.50 bits per heavy atom. The van der Waals surface area contributed by atoms with E-state index in [2.05, 4.69) is 22.8 Å². The van der Waals surface area contributed by atoms with Crippen LogP contribution in [0.4, 0.5) is 0 Å². The van der Waals surface area contributed by atoms with E-state index in [4.69, 9.17) is 4.74 Å². The van der Waals surface area contributed by atoms with E-state index < -0.39 is 0 Å². The number of ether oxygens (including phenoxy) is 1. The minimum Gasteiger partial charge on any atom is -0.380 e. The van der Waals surface area contributed by atoms with Crippen molar-refractivity contribution < 1.29 is 4.74 Å². The number of hydrogen-bond donors (Lipinski definition) is 1. The van der Waals surface area contributed by atoms with Crippen molar-refractivity contribution in [2.24, 2.45) is 0 Å². The van der Waals surface area contributed by atoms with Crippen LogP contribution in [0.1, 0.15) is 11.8 Å². The summed E-state index contributed by atoms with van der Waals surface area (Å²) in [4.78, 5) is 1.38. The predicted molar refractivity (Wildman–Crippen MR) is 52.5 cm³/mol. The van der Waals surface area contributed by atoms with Gasteiger partial charge in [-0.1, -0.05) is 6.07 Å². The summed E-state index contributed by atoms with van der Waals surface area (Å²) in [7, 11) is 0. The van der Waals surface area contributed by atoms with Gasteiger partial charge in [-0.05, 0) is 18.4 Å². The van der Waals surface area contributed by atoms with Crippen molar-refractivity contribution in [1.29, 1.82) is 0 Å². The summed E-state index contributed by atoms with van der Waals surface area (Å²) in [6, 6.07) is 4.21. The van der Waals surface area contributed by atoms with Crippen LogP contribution in [0, 0.1) is 0 Å². The molecule has 1 N–H and O–H groups in total. The number of hydrogen-bond acceptors (Lipinski definition) is 3. The fraction of sp³-hybridized carbons (Fsp3) is 0.556. The van der Waals surface area contributed by atoms with E-state index >= 15 is 0 Å². The lowest BCUT2D eigenvalue weighted by Crippen LogP contribution is -2.18. The minimum absolute atomic E-state index is 0.806. The maximum absolute atomic E-state index is 5.19. The summed E-state index contributed by atoms with van der Waals surface area (Å²) < 4.78 is 5.19. The van der Waals surface area contributed by atoms with Gasteiger partial charge in [0, 0.05) is 24.6 Å². The third kappa shape index (κ3) is 3.85. The van der Waals surface area contributed by atoms with Gasteiger partial charge in [0.25, 0.3) is 0 Å². The lowest BCUT2D eigenvalue weighted by Gasteiger charge is -2.02. The summed E-state index contributed by atoms with van der Waals surface area (Å²) in [5, 5.41) is 5.40. The maximum Gasteiger partial charge on any atom is 0.0590 e.